The average Bonchev–Trinajstić information content (AvgIpc) is 3.79. The first kappa shape index (κ1) is 25.4. The minimum Gasteiger partial charge on any atom is -0.454 e. The van der Waals surface area contributed by atoms with Crippen LogP contribution in [0.3, 0.4) is 0 Å². The number of nitrogens with zero attached hydrogens (tertiary/aromatic N) is 5. The number of anilines is 3. The van der Waals surface area contributed by atoms with Crippen molar-refractivity contribution in [2.24, 2.45) is 7.05 Å². The molecule has 4 aromatic heterocycles. The van der Waals surface area contributed by atoms with Gasteiger partial charge in [0.25, 0.3) is 0 Å². The Morgan fingerprint density at radius 3 is 2.27 bits per heavy atom. The van der Waals surface area contributed by atoms with Crippen molar-refractivity contribution in [3.8, 4) is 17.1 Å². The number of fused-ring (bicyclic) bond motifs is 6. The van der Waals surface area contributed by atoms with Gasteiger partial charge in [-0.3, -0.25) is 9.25 Å². The van der Waals surface area contributed by atoms with Crippen molar-refractivity contribution in [2.45, 2.75) is 0 Å². The first-order chi connectivity index (χ1) is 22.2. The van der Waals surface area contributed by atoms with E-state index >= 15 is 0 Å². The van der Waals surface area contributed by atoms with Crippen LogP contribution in [0, 0.1) is 0 Å². The van der Waals surface area contributed by atoms with Crippen LogP contribution in [-0.4, -0.2) is 19.3 Å². The van der Waals surface area contributed by atoms with Crippen molar-refractivity contribution < 1.29 is 4.42 Å². The van der Waals surface area contributed by atoms with E-state index in [1.807, 2.05) is 54.5 Å². The third-order valence-corrected chi connectivity index (χ3v) is 8.53. The lowest BCUT2D eigenvalue weighted by Gasteiger charge is -2.26. The van der Waals surface area contributed by atoms with Gasteiger partial charge in [0.05, 0.1) is 22.4 Å². The molecular formula is C39H27N5O. The molecule has 0 saturated heterocycles. The molecule has 5 aromatic carbocycles. The Morgan fingerprint density at radius 1 is 0.622 bits per heavy atom. The van der Waals surface area contributed by atoms with Crippen LogP contribution in [0.2, 0.25) is 0 Å². The van der Waals surface area contributed by atoms with Crippen LogP contribution in [0.25, 0.3) is 60.8 Å². The van der Waals surface area contributed by atoms with Crippen LogP contribution in [0.4, 0.5) is 17.1 Å². The summed E-state index contributed by atoms with van der Waals surface area (Å²) in [5.41, 5.74) is 8.84. The summed E-state index contributed by atoms with van der Waals surface area (Å²) in [6, 6.07) is 46.4. The van der Waals surface area contributed by atoms with Crippen molar-refractivity contribution in [1.82, 2.24) is 19.3 Å². The Balaban J connectivity index is 1.34. The van der Waals surface area contributed by atoms with Gasteiger partial charge < -0.3 is 9.32 Å². The van der Waals surface area contributed by atoms with Crippen LogP contribution < -0.4 is 4.90 Å². The van der Waals surface area contributed by atoms with E-state index in [-0.39, 0.29) is 0 Å². The standard InChI is InChI=1S/C39H27N5O/c1-42-23-21-33(41-42)26-10-8-11-27(24-26)43(35-16-9-14-32-31-13-3-5-17-37(31)45-39(32)35)28-19-20-30-29-12-2-4-15-34(29)44(36(30)25-28)38-18-6-7-22-40-38/h2-25H,1H3. The summed E-state index contributed by atoms with van der Waals surface area (Å²) >= 11 is 0. The number of aryl methyl sites for hydroxylation is 1. The maximum absolute atomic E-state index is 6.58. The molecule has 0 unspecified atom stereocenters. The van der Waals surface area contributed by atoms with E-state index in [0.29, 0.717) is 0 Å². The summed E-state index contributed by atoms with van der Waals surface area (Å²) in [6.45, 7) is 0. The Labute approximate surface area is 259 Å². The summed E-state index contributed by atoms with van der Waals surface area (Å²) in [4.78, 5) is 7.04. The van der Waals surface area contributed by atoms with Gasteiger partial charge in [-0.1, -0.05) is 72.8 Å². The molecule has 9 rings (SSSR count). The molecule has 0 fully saturated rings. The van der Waals surface area contributed by atoms with E-state index < -0.39 is 0 Å². The second-order valence-electron chi connectivity index (χ2n) is 11.3. The van der Waals surface area contributed by atoms with Crippen molar-refractivity contribution >= 4 is 60.8 Å². The number of para-hydroxylation sites is 3. The number of benzene rings is 5. The molecule has 0 atom stereocenters. The molecule has 4 heterocycles. The van der Waals surface area contributed by atoms with Gasteiger partial charge in [0.2, 0.25) is 0 Å². The fraction of sp³-hybridized carbons (Fsp3) is 0.0256. The molecule has 0 aliphatic heterocycles. The Hall–Kier alpha value is -6.14. The van der Waals surface area contributed by atoms with Gasteiger partial charge in [-0.25, -0.2) is 4.98 Å². The zero-order chi connectivity index (χ0) is 29.9. The van der Waals surface area contributed by atoms with Crippen molar-refractivity contribution in [1.29, 1.82) is 0 Å². The average molecular weight is 582 g/mol. The highest BCUT2D eigenvalue weighted by molar-refractivity contribution is 6.12. The van der Waals surface area contributed by atoms with E-state index in [2.05, 4.69) is 118 Å². The van der Waals surface area contributed by atoms with Crippen molar-refractivity contribution in [3.05, 3.63) is 146 Å². The van der Waals surface area contributed by atoms with Gasteiger partial charge in [-0.2, -0.15) is 5.10 Å². The number of pyridine rings is 1. The molecule has 214 valence electrons. The van der Waals surface area contributed by atoms with E-state index in [0.717, 1.165) is 67.1 Å². The largest absolute Gasteiger partial charge is 0.454 e. The molecule has 6 heteroatoms. The lowest BCUT2D eigenvalue weighted by molar-refractivity contribution is 0.669. The van der Waals surface area contributed by atoms with Crippen LogP contribution in [0.1, 0.15) is 0 Å². The zero-order valence-corrected chi connectivity index (χ0v) is 24.5. The summed E-state index contributed by atoms with van der Waals surface area (Å²) < 4.78 is 10.7. The predicted octanol–water partition coefficient (Wildman–Crippen LogP) is 9.95. The fourth-order valence-corrected chi connectivity index (χ4v) is 6.54. The van der Waals surface area contributed by atoms with Gasteiger partial charge in [0.15, 0.2) is 5.58 Å². The van der Waals surface area contributed by atoms with Gasteiger partial charge >= 0.3 is 0 Å². The van der Waals surface area contributed by atoms with Gasteiger partial charge in [-0.05, 0) is 60.7 Å². The zero-order valence-electron chi connectivity index (χ0n) is 24.5. The Kier molecular flexibility index (Phi) is 5.62. The molecular weight excluding hydrogens is 554 g/mol. The Bertz CT molecular complexity index is 2520. The normalized spacial score (nSPS) is 11.7. The smallest absolute Gasteiger partial charge is 0.159 e. The second-order valence-corrected chi connectivity index (χ2v) is 11.3. The molecule has 9 aromatic rings. The lowest BCUT2D eigenvalue weighted by atomic mass is 10.1. The number of aromatic nitrogens is 4. The minimum atomic E-state index is 0.840. The summed E-state index contributed by atoms with van der Waals surface area (Å²) in [5.74, 6) is 0.879. The predicted molar refractivity (Wildman–Crippen MR) is 183 cm³/mol. The Morgan fingerprint density at radius 2 is 1.40 bits per heavy atom. The second kappa shape index (κ2) is 9.96. The molecule has 0 saturated carbocycles. The molecule has 0 aliphatic carbocycles. The maximum Gasteiger partial charge on any atom is 0.159 e. The van der Waals surface area contributed by atoms with E-state index in [1.165, 1.54) is 10.8 Å². The first-order valence-corrected chi connectivity index (χ1v) is 15.0. The highest BCUT2D eigenvalue weighted by atomic mass is 16.3. The van der Waals surface area contributed by atoms with Gasteiger partial charge in [0.1, 0.15) is 11.4 Å². The van der Waals surface area contributed by atoms with Crippen LogP contribution in [0.15, 0.2) is 150 Å². The quantitative estimate of drug-likeness (QED) is 0.203. The molecule has 45 heavy (non-hydrogen) atoms. The maximum atomic E-state index is 6.58. The first-order valence-electron chi connectivity index (χ1n) is 15.0. The van der Waals surface area contributed by atoms with E-state index in [9.17, 15) is 0 Å². The van der Waals surface area contributed by atoms with E-state index in [1.54, 1.807) is 0 Å². The SMILES string of the molecule is Cn1ccc(-c2cccc(N(c3ccc4c5ccccc5n(-c5ccccn5)c4c3)c3cccc4c3oc3ccccc34)c2)n1. The monoisotopic (exact) mass is 581 g/mol. The number of rotatable bonds is 5. The van der Waals surface area contributed by atoms with Gasteiger partial charge in [-0.15, -0.1) is 0 Å². The lowest BCUT2D eigenvalue weighted by Crippen LogP contribution is -2.10. The third-order valence-electron chi connectivity index (χ3n) is 8.53. The summed E-state index contributed by atoms with van der Waals surface area (Å²) in [6.07, 6.45) is 3.82. The fourth-order valence-electron chi connectivity index (χ4n) is 6.54. The molecule has 0 bridgehead atoms. The highest BCUT2D eigenvalue weighted by Gasteiger charge is 2.22. The molecule has 0 N–H and O–H groups in total. The van der Waals surface area contributed by atoms with Crippen molar-refractivity contribution in [2.75, 3.05) is 4.90 Å². The van der Waals surface area contributed by atoms with Crippen LogP contribution >= 0.6 is 0 Å². The highest BCUT2D eigenvalue weighted by Crippen LogP contribution is 2.44. The third kappa shape index (κ3) is 4.03. The van der Waals surface area contributed by atoms with Crippen LogP contribution in [-0.2, 0) is 7.05 Å². The molecule has 0 radical (unpaired) electrons. The number of hydrogen-bond acceptors (Lipinski definition) is 4. The summed E-state index contributed by atoms with van der Waals surface area (Å²) in [5, 5.41) is 9.22. The number of furan rings is 1. The van der Waals surface area contributed by atoms with E-state index in [4.69, 9.17) is 9.40 Å². The molecule has 0 aliphatic rings. The number of hydrogen-bond donors (Lipinski definition) is 0. The molecule has 0 spiro atoms. The molecule has 6 nitrogen and oxygen atoms in total. The molecule has 0 amide bonds. The minimum absolute atomic E-state index is 0.840. The van der Waals surface area contributed by atoms with Crippen molar-refractivity contribution in [3.63, 3.8) is 0 Å². The summed E-state index contributed by atoms with van der Waals surface area (Å²) in [7, 11) is 1.94. The van der Waals surface area contributed by atoms with Gasteiger partial charge in [0, 0.05) is 57.9 Å². The topological polar surface area (TPSA) is 52.0 Å². The van der Waals surface area contributed by atoms with Crippen LogP contribution in [0.5, 0.6) is 0 Å².